The number of hydrogen-bond donors (Lipinski definition) is 0. The van der Waals surface area contributed by atoms with E-state index < -0.39 is 0 Å². The van der Waals surface area contributed by atoms with Crippen LogP contribution in [0.5, 0.6) is 0 Å². The van der Waals surface area contributed by atoms with Gasteiger partial charge in [-0.05, 0) is 39.5 Å². The molecule has 0 radical (unpaired) electrons. The lowest BCUT2D eigenvalue weighted by molar-refractivity contribution is -0.228. The van der Waals surface area contributed by atoms with Crippen molar-refractivity contribution in [3.8, 4) is 0 Å². The van der Waals surface area contributed by atoms with Crippen LogP contribution in [0.4, 0.5) is 0 Å². The third-order valence-corrected chi connectivity index (χ3v) is 4.72. The molecule has 0 aromatic carbocycles. The maximum Gasteiger partial charge on any atom is 0.325 e. The van der Waals surface area contributed by atoms with Gasteiger partial charge < -0.3 is 4.90 Å². The fraction of sp³-hybridized carbons (Fsp3) is 0.941. The predicted octanol–water partition coefficient (Wildman–Crippen LogP) is 4.30. The summed E-state index contributed by atoms with van der Waals surface area (Å²) in [5.74, 6) is 0. The predicted molar refractivity (Wildman–Crippen MR) is 86.3 cm³/mol. The highest BCUT2D eigenvalue weighted by Gasteiger charge is 2.26. The van der Waals surface area contributed by atoms with E-state index in [4.69, 9.17) is 14.8 Å². The van der Waals surface area contributed by atoms with Crippen LogP contribution in [-0.2, 0) is 9.78 Å². The molecule has 2 aliphatic carbocycles. The lowest BCUT2D eigenvalue weighted by Crippen LogP contribution is -2.43. The minimum Gasteiger partial charge on any atom is -0.321 e. The molecule has 4 heteroatoms. The molecule has 0 atom stereocenters. The molecule has 4 nitrogen and oxygen atoms in total. The Kier molecular flexibility index (Phi) is 7.34. The average Bonchev–Trinajstić information content (AvgIpc) is 2.55. The van der Waals surface area contributed by atoms with Crippen molar-refractivity contribution in [1.82, 2.24) is 4.90 Å². The van der Waals surface area contributed by atoms with Crippen LogP contribution < -0.4 is 0 Å². The van der Waals surface area contributed by atoms with Crippen LogP contribution >= 0.6 is 0 Å². The van der Waals surface area contributed by atoms with Crippen molar-refractivity contribution in [2.75, 3.05) is 13.2 Å². The van der Waals surface area contributed by atoms with Gasteiger partial charge in [-0.2, -0.15) is 4.89 Å². The Morgan fingerprint density at radius 3 is 2.14 bits per heavy atom. The minimum atomic E-state index is 0.423. The summed E-state index contributed by atoms with van der Waals surface area (Å²) in [7, 11) is 0. The lowest BCUT2D eigenvalue weighted by atomic mass is 9.94. The van der Waals surface area contributed by atoms with Gasteiger partial charge in [0.05, 0.1) is 12.6 Å². The van der Waals surface area contributed by atoms with Crippen LogP contribution in [0.15, 0.2) is 4.99 Å². The standard InChI is InChI=1S/C17H32N2O2/c1-3-19(16-13-9-6-10-14-16)17(21-20-4-2)18-15-11-7-5-8-12-15/h15-16H,3-14H2,1-2H3. The van der Waals surface area contributed by atoms with Crippen molar-refractivity contribution in [2.24, 2.45) is 4.99 Å². The number of amidine groups is 1. The van der Waals surface area contributed by atoms with Crippen LogP contribution in [0.25, 0.3) is 0 Å². The van der Waals surface area contributed by atoms with Crippen LogP contribution in [0.3, 0.4) is 0 Å². The summed E-state index contributed by atoms with van der Waals surface area (Å²) in [6, 6.07) is 1.73. The Morgan fingerprint density at radius 1 is 0.952 bits per heavy atom. The Labute approximate surface area is 129 Å². The second-order valence-corrected chi connectivity index (χ2v) is 6.27. The molecule has 0 amide bonds. The zero-order valence-corrected chi connectivity index (χ0v) is 13.9. The maximum atomic E-state index is 5.58. The Bertz CT molecular complexity index is 308. The largest absolute Gasteiger partial charge is 0.325 e. The van der Waals surface area contributed by atoms with Gasteiger partial charge in [-0.1, -0.05) is 38.5 Å². The van der Waals surface area contributed by atoms with Gasteiger partial charge >= 0.3 is 6.02 Å². The Morgan fingerprint density at radius 2 is 1.57 bits per heavy atom. The Hall–Kier alpha value is -0.770. The van der Waals surface area contributed by atoms with E-state index in [1.54, 1.807) is 0 Å². The molecule has 122 valence electrons. The summed E-state index contributed by atoms with van der Waals surface area (Å²) in [6.07, 6.45) is 12.9. The number of aliphatic imine (C=N–C) groups is 1. The zero-order chi connectivity index (χ0) is 14.9. The van der Waals surface area contributed by atoms with E-state index >= 15 is 0 Å². The van der Waals surface area contributed by atoms with Crippen molar-refractivity contribution in [3.63, 3.8) is 0 Å². The topological polar surface area (TPSA) is 34.1 Å². The maximum absolute atomic E-state index is 5.58. The van der Waals surface area contributed by atoms with Gasteiger partial charge in [0.25, 0.3) is 0 Å². The quantitative estimate of drug-likeness (QED) is 0.328. The van der Waals surface area contributed by atoms with Gasteiger partial charge in [-0.25, -0.2) is 4.99 Å². The highest BCUT2D eigenvalue weighted by atomic mass is 17.2. The molecule has 0 aliphatic heterocycles. The van der Waals surface area contributed by atoms with Crippen molar-refractivity contribution < 1.29 is 9.78 Å². The molecule has 2 rings (SSSR count). The monoisotopic (exact) mass is 296 g/mol. The summed E-state index contributed by atoms with van der Waals surface area (Å²) < 4.78 is 0. The SMILES string of the molecule is CCOOC(=NC1CCCCC1)N(CC)C1CCCCC1. The van der Waals surface area contributed by atoms with E-state index in [1.807, 2.05) is 6.92 Å². The molecule has 0 saturated heterocycles. The first-order valence-corrected chi connectivity index (χ1v) is 8.99. The molecule has 2 aliphatic rings. The van der Waals surface area contributed by atoms with Crippen LogP contribution in [0.1, 0.15) is 78.1 Å². The van der Waals surface area contributed by atoms with Gasteiger partial charge in [-0.3, -0.25) is 4.89 Å². The van der Waals surface area contributed by atoms with E-state index in [0.29, 0.717) is 18.7 Å². The van der Waals surface area contributed by atoms with Crippen molar-refractivity contribution in [1.29, 1.82) is 0 Å². The fourth-order valence-electron chi connectivity index (χ4n) is 3.56. The molecule has 0 aromatic heterocycles. The molecule has 0 aromatic rings. The average molecular weight is 296 g/mol. The van der Waals surface area contributed by atoms with E-state index in [9.17, 15) is 0 Å². The molecule has 0 bridgehead atoms. The van der Waals surface area contributed by atoms with Gasteiger partial charge in [-0.15, -0.1) is 0 Å². The summed E-state index contributed by atoms with van der Waals surface area (Å²) in [6.45, 7) is 5.66. The molecule has 0 unspecified atom stereocenters. The van der Waals surface area contributed by atoms with Gasteiger partial charge in [0.2, 0.25) is 0 Å². The molecule has 0 N–H and O–H groups in total. The third-order valence-electron chi connectivity index (χ3n) is 4.72. The first-order valence-electron chi connectivity index (χ1n) is 8.99. The number of hydrogen-bond acceptors (Lipinski definition) is 3. The molecule has 2 fully saturated rings. The molecule has 21 heavy (non-hydrogen) atoms. The van der Waals surface area contributed by atoms with Gasteiger partial charge in [0.15, 0.2) is 0 Å². The van der Waals surface area contributed by atoms with Crippen LogP contribution in [0, 0.1) is 0 Å². The Balaban J connectivity index is 2.05. The minimum absolute atomic E-state index is 0.423. The van der Waals surface area contributed by atoms with E-state index in [2.05, 4.69) is 11.8 Å². The molecule has 0 heterocycles. The third kappa shape index (κ3) is 5.17. The summed E-state index contributed by atoms with van der Waals surface area (Å²) >= 11 is 0. The number of nitrogens with zero attached hydrogens (tertiary/aromatic N) is 2. The van der Waals surface area contributed by atoms with E-state index in [1.165, 1.54) is 64.2 Å². The fourth-order valence-corrected chi connectivity index (χ4v) is 3.56. The first kappa shape index (κ1) is 16.6. The smallest absolute Gasteiger partial charge is 0.321 e. The molecular weight excluding hydrogens is 264 g/mol. The highest BCUT2D eigenvalue weighted by molar-refractivity contribution is 5.73. The molecule has 0 spiro atoms. The van der Waals surface area contributed by atoms with Gasteiger partial charge in [0.1, 0.15) is 0 Å². The van der Waals surface area contributed by atoms with Crippen LogP contribution in [0.2, 0.25) is 0 Å². The van der Waals surface area contributed by atoms with Crippen molar-refractivity contribution in [3.05, 3.63) is 0 Å². The molecule has 2 saturated carbocycles. The van der Waals surface area contributed by atoms with E-state index in [0.717, 1.165) is 12.6 Å². The zero-order valence-electron chi connectivity index (χ0n) is 13.9. The highest BCUT2D eigenvalue weighted by Crippen LogP contribution is 2.25. The molecular formula is C17H32N2O2. The van der Waals surface area contributed by atoms with E-state index in [-0.39, 0.29) is 0 Å². The summed E-state index contributed by atoms with van der Waals surface area (Å²) in [4.78, 5) is 18.1. The summed E-state index contributed by atoms with van der Waals surface area (Å²) in [5.41, 5.74) is 0. The first-order chi connectivity index (χ1) is 10.3. The number of rotatable bonds is 5. The second-order valence-electron chi connectivity index (χ2n) is 6.27. The van der Waals surface area contributed by atoms with Crippen molar-refractivity contribution in [2.45, 2.75) is 90.1 Å². The van der Waals surface area contributed by atoms with Crippen molar-refractivity contribution >= 4 is 6.02 Å². The van der Waals surface area contributed by atoms with Crippen LogP contribution in [-0.4, -0.2) is 36.2 Å². The lowest BCUT2D eigenvalue weighted by Gasteiger charge is -2.35. The van der Waals surface area contributed by atoms with Gasteiger partial charge in [0, 0.05) is 12.6 Å². The second kappa shape index (κ2) is 9.29. The normalized spacial score (nSPS) is 22.3. The summed E-state index contributed by atoms with van der Waals surface area (Å²) in [5, 5.41) is 0.